The lowest BCUT2D eigenvalue weighted by atomic mass is 10.2. The third kappa shape index (κ3) is 4.44. The maximum absolute atomic E-state index is 9.25. The number of oxazole rings is 1. The summed E-state index contributed by atoms with van der Waals surface area (Å²) in [6, 6.07) is 17.1. The van der Waals surface area contributed by atoms with Crippen LogP contribution in [-0.4, -0.2) is 12.1 Å². The van der Waals surface area contributed by atoms with E-state index in [2.05, 4.69) is 10.3 Å². The molecule has 2 aromatic carbocycles. The van der Waals surface area contributed by atoms with Crippen LogP contribution in [0.4, 0.5) is 5.88 Å². The first-order valence-electron chi connectivity index (χ1n) is 7.89. The van der Waals surface area contributed by atoms with E-state index < -0.39 is 0 Å². The molecule has 5 nitrogen and oxygen atoms in total. The average Bonchev–Trinajstić information content (AvgIpc) is 3.08. The fourth-order valence-corrected chi connectivity index (χ4v) is 2.43. The molecule has 0 saturated carbocycles. The number of ether oxygens (including phenoxy) is 1. The van der Waals surface area contributed by atoms with Crippen LogP contribution >= 0.6 is 11.6 Å². The molecule has 0 atom stereocenters. The van der Waals surface area contributed by atoms with Crippen molar-refractivity contribution in [1.82, 2.24) is 4.98 Å². The maximum atomic E-state index is 9.25. The lowest BCUT2D eigenvalue weighted by molar-refractivity contribution is 0.414. The minimum Gasteiger partial charge on any atom is -0.497 e. The molecule has 0 amide bonds. The van der Waals surface area contributed by atoms with Crippen LogP contribution in [0.2, 0.25) is 5.02 Å². The molecule has 26 heavy (non-hydrogen) atoms. The van der Waals surface area contributed by atoms with Crippen LogP contribution in [0.25, 0.3) is 12.2 Å². The number of nitriles is 1. The van der Waals surface area contributed by atoms with Crippen molar-refractivity contribution >= 4 is 29.6 Å². The lowest BCUT2D eigenvalue weighted by Gasteiger charge is -2.03. The van der Waals surface area contributed by atoms with Crippen molar-refractivity contribution in [3.05, 3.63) is 76.3 Å². The summed E-state index contributed by atoms with van der Waals surface area (Å²) in [4.78, 5) is 4.18. The van der Waals surface area contributed by atoms with Gasteiger partial charge in [-0.1, -0.05) is 35.9 Å². The van der Waals surface area contributed by atoms with Crippen LogP contribution in [0.3, 0.4) is 0 Å². The van der Waals surface area contributed by atoms with Gasteiger partial charge in [0.25, 0.3) is 0 Å². The fourth-order valence-electron chi connectivity index (χ4n) is 2.30. The highest BCUT2D eigenvalue weighted by Gasteiger charge is 2.11. The molecular formula is C20H16ClN3O2. The molecule has 0 aliphatic carbocycles. The predicted octanol–water partition coefficient (Wildman–Crippen LogP) is 4.99. The Bertz CT molecular complexity index is 956. The van der Waals surface area contributed by atoms with E-state index in [1.54, 1.807) is 13.2 Å². The van der Waals surface area contributed by atoms with Gasteiger partial charge < -0.3 is 14.5 Å². The summed E-state index contributed by atoms with van der Waals surface area (Å²) in [7, 11) is 1.62. The van der Waals surface area contributed by atoms with Crippen LogP contribution in [0.15, 0.2) is 52.9 Å². The Labute approximate surface area is 156 Å². The molecular weight excluding hydrogens is 350 g/mol. The summed E-state index contributed by atoms with van der Waals surface area (Å²) < 4.78 is 10.8. The summed E-state index contributed by atoms with van der Waals surface area (Å²) in [5, 5.41) is 13.0. The van der Waals surface area contributed by atoms with Gasteiger partial charge >= 0.3 is 0 Å². The molecule has 0 aliphatic rings. The summed E-state index contributed by atoms with van der Waals surface area (Å²) in [6.45, 7) is 0.500. The molecule has 0 unspecified atom stereocenters. The number of nitrogens with one attached hydrogen (secondary N) is 1. The van der Waals surface area contributed by atoms with Gasteiger partial charge in [0, 0.05) is 17.6 Å². The second-order valence-corrected chi connectivity index (χ2v) is 5.87. The van der Waals surface area contributed by atoms with E-state index in [0.717, 1.165) is 16.9 Å². The van der Waals surface area contributed by atoms with Gasteiger partial charge in [0.05, 0.1) is 7.11 Å². The molecule has 0 aliphatic heterocycles. The number of rotatable bonds is 6. The lowest BCUT2D eigenvalue weighted by Crippen LogP contribution is -1.99. The summed E-state index contributed by atoms with van der Waals surface area (Å²) in [5.74, 6) is 1.46. The SMILES string of the molecule is COc1cccc(C=Cc2nc(C#N)c(NCc3ccc(Cl)cc3)o2)c1. The Kier molecular flexibility index (Phi) is 5.57. The fraction of sp³-hybridized carbons (Fsp3) is 0.100. The van der Waals surface area contributed by atoms with Gasteiger partial charge in [0.15, 0.2) is 0 Å². The molecule has 0 spiro atoms. The number of nitrogens with zero attached hydrogens (tertiary/aromatic N) is 2. The molecule has 0 saturated heterocycles. The molecule has 0 radical (unpaired) electrons. The Balaban J connectivity index is 1.72. The predicted molar refractivity (Wildman–Crippen MR) is 102 cm³/mol. The standard InChI is InChI=1S/C20H16ClN3O2/c1-25-17-4-2-3-14(11-17)7-10-19-24-18(12-22)20(26-19)23-13-15-5-8-16(21)9-6-15/h2-11,23H,13H2,1H3. The Morgan fingerprint density at radius 3 is 2.77 bits per heavy atom. The van der Waals surface area contributed by atoms with Gasteiger partial charge in [0.2, 0.25) is 17.5 Å². The highest BCUT2D eigenvalue weighted by molar-refractivity contribution is 6.30. The number of hydrogen-bond donors (Lipinski definition) is 1. The second-order valence-electron chi connectivity index (χ2n) is 5.43. The smallest absolute Gasteiger partial charge is 0.232 e. The van der Waals surface area contributed by atoms with Gasteiger partial charge in [-0.15, -0.1) is 0 Å². The highest BCUT2D eigenvalue weighted by atomic mass is 35.5. The van der Waals surface area contributed by atoms with Crippen LogP contribution in [0.5, 0.6) is 5.75 Å². The van der Waals surface area contributed by atoms with E-state index >= 15 is 0 Å². The topological polar surface area (TPSA) is 71.1 Å². The minimum absolute atomic E-state index is 0.212. The highest BCUT2D eigenvalue weighted by Crippen LogP contribution is 2.21. The summed E-state index contributed by atoms with van der Waals surface area (Å²) >= 11 is 5.88. The first-order valence-corrected chi connectivity index (χ1v) is 8.27. The van der Waals surface area contributed by atoms with Crippen molar-refractivity contribution in [2.24, 2.45) is 0 Å². The molecule has 1 aromatic heterocycles. The van der Waals surface area contributed by atoms with E-state index in [1.807, 2.05) is 60.7 Å². The average molecular weight is 366 g/mol. The van der Waals surface area contributed by atoms with Crippen molar-refractivity contribution in [3.63, 3.8) is 0 Å². The monoisotopic (exact) mass is 365 g/mol. The van der Waals surface area contributed by atoms with E-state index in [4.69, 9.17) is 20.8 Å². The number of halogens is 1. The normalized spacial score (nSPS) is 10.7. The number of anilines is 1. The van der Waals surface area contributed by atoms with E-state index in [0.29, 0.717) is 23.3 Å². The summed E-state index contributed by atoms with van der Waals surface area (Å²) in [6.07, 6.45) is 3.56. The third-order valence-corrected chi connectivity index (χ3v) is 3.88. The zero-order valence-electron chi connectivity index (χ0n) is 14.1. The quantitative estimate of drug-likeness (QED) is 0.666. The van der Waals surface area contributed by atoms with Gasteiger partial charge in [-0.2, -0.15) is 10.2 Å². The van der Waals surface area contributed by atoms with E-state index in [-0.39, 0.29) is 5.69 Å². The van der Waals surface area contributed by atoms with Crippen molar-refractivity contribution < 1.29 is 9.15 Å². The Morgan fingerprint density at radius 2 is 2.04 bits per heavy atom. The Hall–Kier alpha value is -3.23. The molecule has 0 fully saturated rings. The van der Waals surface area contributed by atoms with Gasteiger partial charge in [0.1, 0.15) is 11.8 Å². The molecule has 1 N–H and O–H groups in total. The molecule has 0 bridgehead atoms. The van der Waals surface area contributed by atoms with Gasteiger partial charge in [-0.3, -0.25) is 0 Å². The van der Waals surface area contributed by atoms with E-state index in [1.165, 1.54) is 0 Å². The summed E-state index contributed by atoms with van der Waals surface area (Å²) in [5.41, 5.74) is 2.17. The Morgan fingerprint density at radius 1 is 1.23 bits per heavy atom. The maximum Gasteiger partial charge on any atom is 0.232 e. The number of benzene rings is 2. The number of methoxy groups -OCH3 is 1. The first kappa shape index (κ1) is 17.6. The molecule has 130 valence electrons. The van der Waals surface area contributed by atoms with Crippen LogP contribution in [0.1, 0.15) is 22.7 Å². The van der Waals surface area contributed by atoms with Crippen molar-refractivity contribution in [2.75, 3.05) is 12.4 Å². The second kappa shape index (κ2) is 8.24. The minimum atomic E-state index is 0.212. The van der Waals surface area contributed by atoms with Crippen LogP contribution in [-0.2, 0) is 6.54 Å². The zero-order valence-corrected chi connectivity index (χ0v) is 14.8. The molecule has 3 rings (SSSR count). The third-order valence-electron chi connectivity index (χ3n) is 3.63. The van der Waals surface area contributed by atoms with Crippen molar-refractivity contribution in [3.8, 4) is 11.8 Å². The van der Waals surface area contributed by atoms with Gasteiger partial charge in [-0.25, -0.2) is 0 Å². The molecule has 1 heterocycles. The number of hydrogen-bond acceptors (Lipinski definition) is 5. The van der Waals surface area contributed by atoms with E-state index in [9.17, 15) is 5.26 Å². The molecule has 3 aromatic rings. The molecule has 6 heteroatoms. The largest absolute Gasteiger partial charge is 0.497 e. The zero-order chi connectivity index (χ0) is 18.4. The van der Waals surface area contributed by atoms with Crippen molar-refractivity contribution in [2.45, 2.75) is 6.54 Å². The number of aromatic nitrogens is 1. The van der Waals surface area contributed by atoms with Crippen LogP contribution < -0.4 is 10.1 Å². The van der Waals surface area contributed by atoms with Crippen LogP contribution in [0, 0.1) is 11.3 Å². The first-order chi connectivity index (χ1) is 12.7. The van der Waals surface area contributed by atoms with Crippen molar-refractivity contribution in [1.29, 1.82) is 5.26 Å². The van der Waals surface area contributed by atoms with Gasteiger partial charge in [-0.05, 0) is 41.5 Å².